The van der Waals surface area contributed by atoms with E-state index in [9.17, 15) is 5.11 Å². The summed E-state index contributed by atoms with van der Waals surface area (Å²) in [6.45, 7) is 8.36. The highest BCUT2D eigenvalue weighted by molar-refractivity contribution is 7.09. The zero-order chi connectivity index (χ0) is 14.2. The van der Waals surface area contributed by atoms with Crippen LogP contribution in [0.3, 0.4) is 0 Å². The van der Waals surface area contributed by atoms with Crippen LogP contribution in [0.15, 0.2) is 11.6 Å². The zero-order valence-electron chi connectivity index (χ0n) is 12.1. The van der Waals surface area contributed by atoms with Crippen molar-refractivity contribution >= 4 is 11.3 Å². The maximum atomic E-state index is 10.3. The van der Waals surface area contributed by atoms with Crippen molar-refractivity contribution in [2.45, 2.75) is 45.6 Å². The largest absolute Gasteiger partial charge is 0.388 e. The van der Waals surface area contributed by atoms with E-state index in [-0.39, 0.29) is 5.41 Å². The van der Waals surface area contributed by atoms with Gasteiger partial charge in [0, 0.05) is 36.0 Å². The van der Waals surface area contributed by atoms with Crippen LogP contribution in [-0.4, -0.2) is 19.9 Å². The van der Waals surface area contributed by atoms with Gasteiger partial charge in [-0.25, -0.2) is 4.98 Å². The van der Waals surface area contributed by atoms with E-state index in [0.29, 0.717) is 6.42 Å². The minimum atomic E-state index is -0.535. The molecule has 1 unspecified atom stereocenters. The Morgan fingerprint density at radius 1 is 1.42 bits per heavy atom. The molecule has 4 nitrogen and oxygen atoms in total. The van der Waals surface area contributed by atoms with E-state index in [0.717, 1.165) is 22.0 Å². The van der Waals surface area contributed by atoms with Crippen LogP contribution in [0.5, 0.6) is 0 Å². The Hall–Kier alpha value is -1.20. The number of hydrogen-bond donors (Lipinski definition) is 1. The van der Waals surface area contributed by atoms with Gasteiger partial charge >= 0.3 is 0 Å². The molecule has 0 aliphatic heterocycles. The summed E-state index contributed by atoms with van der Waals surface area (Å²) in [6, 6.07) is 0. The molecule has 0 saturated heterocycles. The molecule has 104 valence electrons. The lowest BCUT2D eigenvalue weighted by molar-refractivity contribution is 0.177. The number of hydrogen-bond acceptors (Lipinski definition) is 4. The molecule has 0 radical (unpaired) electrons. The van der Waals surface area contributed by atoms with Crippen LogP contribution in [0, 0.1) is 6.92 Å². The summed E-state index contributed by atoms with van der Waals surface area (Å²) in [4.78, 5) is 4.61. The van der Waals surface area contributed by atoms with E-state index in [1.807, 2.05) is 20.2 Å². The van der Waals surface area contributed by atoms with Crippen molar-refractivity contribution < 1.29 is 5.11 Å². The Bertz CT molecular complexity index is 565. The third-order valence-electron chi connectivity index (χ3n) is 3.10. The van der Waals surface area contributed by atoms with Crippen molar-refractivity contribution in [3.05, 3.63) is 33.5 Å². The van der Waals surface area contributed by atoms with Gasteiger partial charge in [-0.3, -0.25) is 4.68 Å². The molecule has 19 heavy (non-hydrogen) atoms. The summed E-state index contributed by atoms with van der Waals surface area (Å²) >= 11 is 1.61. The highest BCUT2D eigenvalue weighted by Crippen LogP contribution is 2.27. The van der Waals surface area contributed by atoms with Crippen LogP contribution < -0.4 is 0 Å². The number of thiazole rings is 1. The van der Waals surface area contributed by atoms with E-state index in [1.165, 1.54) is 0 Å². The normalized spacial score (nSPS) is 13.8. The van der Waals surface area contributed by atoms with E-state index < -0.39 is 6.10 Å². The van der Waals surface area contributed by atoms with Gasteiger partial charge in [0.25, 0.3) is 0 Å². The van der Waals surface area contributed by atoms with Crippen molar-refractivity contribution in [2.24, 2.45) is 7.05 Å². The molecular weight excluding hydrogens is 258 g/mol. The Kier molecular flexibility index (Phi) is 3.78. The standard InChI is InChI=1S/C14H21N3OS/c1-9-10(7-17(5)16-9)11(18)6-13-15-12(8-19-13)14(2,3)4/h7-8,11,18H,6H2,1-5H3. The van der Waals surface area contributed by atoms with Crippen LogP contribution in [0.2, 0.25) is 0 Å². The summed E-state index contributed by atoms with van der Waals surface area (Å²) in [5.41, 5.74) is 2.91. The summed E-state index contributed by atoms with van der Waals surface area (Å²) in [7, 11) is 1.87. The van der Waals surface area contributed by atoms with Crippen LogP contribution in [0.4, 0.5) is 0 Å². The van der Waals surface area contributed by atoms with E-state index in [1.54, 1.807) is 16.0 Å². The monoisotopic (exact) mass is 279 g/mol. The summed E-state index contributed by atoms with van der Waals surface area (Å²) in [5, 5.41) is 17.6. The molecule has 2 rings (SSSR count). The van der Waals surface area contributed by atoms with Crippen molar-refractivity contribution in [1.82, 2.24) is 14.8 Å². The van der Waals surface area contributed by atoms with Gasteiger partial charge in [-0.05, 0) is 6.92 Å². The van der Waals surface area contributed by atoms with Gasteiger partial charge in [-0.15, -0.1) is 11.3 Å². The maximum absolute atomic E-state index is 10.3. The van der Waals surface area contributed by atoms with E-state index in [4.69, 9.17) is 0 Å². The number of nitrogens with zero attached hydrogens (tertiary/aromatic N) is 3. The molecule has 0 bridgehead atoms. The quantitative estimate of drug-likeness (QED) is 0.940. The SMILES string of the molecule is Cc1nn(C)cc1C(O)Cc1nc(C(C)(C)C)cs1. The highest BCUT2D eigenvalue weighted by Gasteiger charge is 2.20. The van der Waals surface area contributed by atoms with Crippen molar-refractivity contribution in [3.8, 4) is 0 Å². The van der Waals surface area contributed by atoms with E-state index in [2.05, 4.69) is 36.2 Å². The van der Waals surface area contributed by atoms with E-state index >= 15 is 0 Å². The lowest BCUT2D eigenvalue weighted by Crippen LogP contribution is -2.12. The van der Waals surface area contributed by atoms with Gasteiger partial charge in [0.05, 0.1) is 22.5 Å². The lowest BCUT2D eigenvalue weighted by Gasteiger charge is -2.14. The molecule has 0 aliphatic carbocycles. The molecule has 0 aromatic carbocycles. The van der Waals surface area contributed by atoms with Crippen molar-refractivity contribution in [3.63, 3.8) is 0 Å². The highest BCUT2D eigenvalue weighted by atomic mass is 32.1. The fraction of sp³-hybridized carbons (Fsp3) is 0.571. The summed E-state index contributed by atoms with van der Waals surface area (Å²) in [5.74, 6) is 0. The zero-order valence-corrected chi connectivity index (χ0v) is 13.0. The second kappa shape index (κ2) is 5.06. The molecule has 2 aromatic rings. The predicted molar refractivity (Wildman–Crippen MR) is 77.4 cm³/mol. The van der Waals surface area contributed by atoms with Gasteiger partial charge in [0.2, 0.25) is 0 Å². The topological polar surface area (TPSA) is 50.9 Å². The molecular formula is C14H21N3OS. The molecule has 1 N–H and O–H groups in total. The first kappa shape index (κ1) is 14.2. The average Bonchev–Trinajstić information content (AvgIpc) is 2.84. The molecule has 5 heteroatoms. The Balaban J connectivity index is 2.13. The van der Waals surface area contributed by atoms with Gasteiger partial charge in [0.1, 0.15) is 0 Å². The smallest absolute Gasteiger partial charge is 0.0957 e. The number of aryl methyl sites for hydroxylation is 2. The first-order valence-corrected chi connectivity index (χ1v) is 7.28. The fourth-order valence-corrected chi connectivity index (χ4v) is 3.03. The van der Waals surface area contributed by atoms with Crippen LogP contribution >= 0.6 is 11.3 Å². The summed E-state index contributed by atoms with van der Waals surface area (Å²) < 4.78 is 1.73. The number of aromatic nitrogens is 3. The first-order chi connectivity index (χ1) is 8.77. The summed E-state index contributed by atoms with van der Waals surface area (Å²) in [6.07, 6.45) is 1.89. The molecule has 0 saturated carbocycles. The minimum Gasteiger partial charge on any atom is -0.388 e. The first-order valence-electron chi connectivity index (χ1n) is 6.40. The van der Waals surface area contributed by atoms with Crippen molar-refractivity contribution in [1.29, 1.82) is 0 Å². The fourth-order valence-electron chi connectivity index (χ4n) is 1.97. The van der Waals surface area contributed by atoms with Gasteiger partial charge in [-0.2, -0.15) is 5.10 Å². The Labute approximate surface area is 118 Å². The van der Waals surface area contributed by atoms with Crippen LogP contribution in [0.1, 0.15) is 48.8 Å². The minimum absolute atomic E-state index is 0.0594. The average molecular weight is 279 g/mol. The molecule has 0 amide bonds. The lowest BCUT2D eigenvalue weighted by atomic mass is 9.93. The maximum Gasteiger partial charge on any atom is 0.0957 e. The molecule has 1 atom stereocenters. The van der Waals surface area contributed by atoms with Crippen LogP contribution in [-0.2, 0) is 18.9 Å². The van der Waals surface area contributed by atoms with Crippen molar-refractivity contribution in [2.75, 3.05) is 0 Å². The predicted octanol–water partition coefficient (Wildman–Crippen LogP) is 2.76. The third-order valence-corrected chi connectivity index (χ3v) is 3.97. The van der Waals surface area contributed by atoms with Crippen LogP contribution in [0.25, 0.3) is 0 Å². The number of aliphatic hydroxyl groups excluding tert-OH is 1. The molecule has 0 spiro atoms. The third kappa shape index (κ3) is 3.22. The van der Waals surface area contributed by atoms with Gasteiger partial charge < -0.3 is 5.11 Å². The second-order valence-corrected chi connectivity index (χ2v) is 6.88. The van der Waals surface area contributed by atoms with Gasteiger partial charge in [0.15, 0.2) is 0 Å². The molecule has 0 fully saturated rings. The Morgan fingerprint density at radius 2 is 2.11 bits per heavy atom. The van der Waals surface area contributed by atoms with Gasteiger partial charge in [-0.1, -0.05) is 20.8 Å². The second-order valence-electron chi connectivity index (χ2n) is 5.94. The molecule has 0 aliphatic rings. The number of aliphatic hydroxyl groups is 1. The Morgan fingerprint density at radius 3 is 2.58 bits per heavy atom. The molecule has 2 aromatic heterocycles. The molecule has 2 heterocycles. The number of rotatable bonds is 3.